The Balaban J connectivity index is 1.64. The normalized spacial score (nSPS) is 18.5. The minimum absolute atomic E-state index is 0.691. The van der Waals surface area contributed by atoms with E-state index in [-0.39, 0.29) is 0 Å². The SMILES string of the molecule is c1c2c(cc3[nH]c(CNC4CC4)nc13)OCCCO2. The van der Waals surface area contributed by atoms with E-state index in [2.05, 4.69) is 15.3 Å². The summed E-state index contributed by atoms with van der Waals surface area (Å²) in [6, 6.07) is 4.65. The van der Waals surface area contributed by atoms with Crippen LogP contribution in [-0.4, -0.2) is 29.2 Å². The average molecular weight is 259 g/mol. The Morgan fingerprint density at radius 1 is 1.21 bits per heavy atom. The molecule has 1 aliphatic heterocycles. The molecule has 1 aromatic heterocycles. The molecule has 2 N–H and O–H groups in total. The lowest BCUT2D eigenvalue weighted by Gasteiger charge is -2.05. The van der Waals surface area contributed by atoms with Gasteiger partial charge in [0.25, 0.3) is 0 Å². The maximum Gasteiger partial charge on any atom is 0.163 e. The molecule has 1 aliphatic carbocycles. The zero-order valence-corrected chi connectivity index (χ0v) is 10.7. The molecule has 4 rings (SSSR count). The summed E-state index contributed by atoms with van der Waals surface area (Å²) in [6.07, 6.45) is 3.50. The Kier molecular flexibility index (Phi) is 2.58. The van der Waals surface area contributed by atoms with Crippen LogP contribution in [0.3, 0.4) is 0 Å². The van der Waals surface area contributed by atoms with Crippen molar-refractivity contribution < 1.29 is 9.47 Å². The molecule has 2 heterocycles. The molecule has 0 amide bonds. The Hall–Kier alpha value is -1.75. The Bertz CT molecular complexity index is 561. The quantitative estimate of drug-likeness (QED) is 0.885. The predicted octanol–water partition coefficient (Wildman–Crippen LogP) is 1.98. The second-order valence-corrected chi connectivity index (χ2v) is 5.21. The number of aromatic nitrogens is 2. The molecular formula is C14H17N3O2. The van der Waals surface area contributed by atoms with Gasteiger partial charge in [-0.25, -0.2) is 4.98 Å². The van der Waals surface area contributed by atoms with E-state index < -0.39 is 0 Å². The number of hydrogen-bond acceptors (Lipinski definition) is 4. The van der Waals surface area contributed by atoms with Crippen LogP contribution in [0.1, 0.15) is 25.1 Å². The number of benzene rings is 1. The molecule has 0 bridgehead atoms. The van der Waals surface area contributed by atoms with E-state index in [1.165, 1.54) is 12.8 Å². The van der Waals surface area contributed by atoms with Gasteiger partial charge in [-0.2, -0.15) is 0 Å². The largest absolute Gasteiger partial charge is 0.489 e. The molecule has 0 atom stereocenters. The fraction of sp³-hybridized carbons (Fsp3) is 0.500. The zero-order chi connectivity index (χ0) is 12.7. The molecule has 0 unspecified atom stereocenters. The van der Waals surface area contributed by atoms with Crippen molar-refractivity contribution >= 4 is 11.0 Å². The first-order valence-corrected chi connectivity index (χ1v) is 6.90. The highest BCUT2D eigenvalue weighted by atomic mass is 16.5. The molecule has 2 aliphatic rings. The van der Waals surface area contributed by atoms with Crippen molar-refractivity contribution in [3.05, 3.63) is 18.0 Å². The smallest absolute Gasteiger partial charge is 0.163 e. The van der Waals surface area contributed by atoms with Crippen LogP contribution in [0, 0.1) is 0 Å². The summed E-state index contributed by atoms with van der Waals surface area (Å²) < 4.78 is 11.4. The number of nitrogens with one attached hydrogen (secondary N) is 2. The lowest BCUT2D eigenvalue weighted by atomic mass is 10.3. The number of fused-ring (bicyclic) bond motifs is 2. The molecule has 19 heavy (non-hydrogen) atoms. The summed E-state index contributed by atoms with van der Waals surface area (Å²) in [6.45, 7) is 2.22. The third-order valence-electron chi connectivity index (χ3n) is 3.54. The van der Waals surface area contributed by atoms with E-state index in [1.54, 1.807) is 0 Å². The predicted molar refractivity (Wildman–Crippen MR) is 71.6 cm³/mol. The van der Waals surface area contributed by atoms with Crippen LogP contribution in [0.15, 0.2) is 12.1 Å². The van der Waals surface area contributed by atoms with E-state index in [0.29, 0.717) is 19.3 Å². The Morgan fingerprint density at radius 3 is 2.79 bits per heavy atom. The highest BCUT2D eigenvalue weighted by molar-refractivity contribution is 5.79. The minimum Gasteiger partial charge on any atom is -0.489 e. The van der Waals surface area contributed by atoms with Crippen LogP contribution < -0.4 is 14.8 Å². The van der Waals surface area contributed by atoms with Gasteiger partial charge in [-0.05, 0) is 12.8 Å². The van der Waals surface area contributed by atoms with E-state index in [1.807, 2.05) is 12.1 Å². The third-order valence-corrected chi connectivity index (χ3v) is 3.54. The highest BCUT2D eigenvalue weighted by Crippen LogP contribution is 2.33. The number of aromatic amines is 1. The van der Waals surface area contributed by atoms with Gasteiger partial charge in [0.05, 0.1) is 30.8 Å². The molecule has 5 heteroatoms. The monoisotopic (exact) mass is 259 g/mol. The average Bonchev–Trinajstić information content (AvgIpc) is 3.18. The standard InChI is InChI=1S/C14H17N3O2/c1-4-18-12-6-10-11(7-13(12)19-5-1)17-14(16-10)8-15-9-2-3-9/h6-7,9,15H,1-5,8H2,(H,16,17). The summed E-state index contributed by atoms with van der Waals surface area (Å²) in [5, 5.41) is 3.46. The van der Waals surface area contributed by atoms with Crippen molar-refractivity contribution in [2.24, 2.45) is 0 Å². The molecule has 0 saturated heterocycles. The van der Waals surface area contributed by atoms with Crippen molar-refractivity contribution in [1.82, 2.24) is 15.3 Å². The van der Waals surface area contributed by atoms with Gasteiger partial charge in [-0.3, -0.25) is 0 Å². The number of nitrogens with zero attached hydrogens (tertiary/aromatic N) is 1. The topological polar surface area (TPSA) is 59.2 Å². The minimum atomic E-state index is 0.691. The van der Waals surface area contributed by atoms with Crippen LogP contribution >= 0.6 is 0 Å². The fourth-order valence-electron chi connectivity index (χ4n) is 2.33. The first-order chi connectivity index (χ1) is 9.38. The number of ether oxygens (including phenoxy) is 2. The van der Waals surface area contributed by atoms with E-state index >= 15 is 0 Å². The molecule has 1 aromatic carbocycles. The summed E-state index contributed by atoms with van der Waals surface area (Å²) >= 11 is 0. The van der Waals surface area contributed by atoms with E-state index in [0.717, 1.165) is 41.3 Å². The molecule has 5 nitrogen and oxygen atoms in total. The van der Waals surface area contributed by atoms with Crippen molar-refractivity contribution in [2.75, 3.05) is 13.2 Å². The van der Waals surface area contributed by atoms with Gasteiger partial charge in [0, 0.05) is 24.6 Å². The van der Waals surface area contributed by atoms with Gasteiger partial charge in [0.1, 0.15) is 5.82 Å². The van der Waals surface area contributed by atoms with Gasteiger partial charge in [-0.1, -0.05) is 0 Å². The Morgan fingerprint density at radius 2 is 2.00 bits per heavy atom. The Labute approximate surface area is 111 Å². The fourth-order valence-corrected chi connectivity index (χ4v) is 2.33. The lowest BCUT2D eigenvalue weighted by Crippen LogP contribution is -2.16. The van der Waals surface area contributed by atoms with E-state index in [9.17, 15) is 0 Å². The molecule has 0 spiro atoms. The van der Waals surface area contributed by atoms with Crippen LogP contribution in [0.5, 0.6) is 11.5 Å². The molecule has 1 saturated carbocycles. The number of rotatable bonds is 3. The second kappa shape index (κ2) is 4.42. The highest BCUT2D eigenvalue weighted by Gasteiger charge is 2.21. The summed E-state index contributed by atoms with van der Waals surface area (Å²) in [5.74, 6) is 2.59. The van der Waals surface area contributed by atoms with Gasteiger partial charge in [-0.15, -0.1) is 0 Å². The van der Waals surface area contributed by atoms with Crippen LogP contribution in [0.4, 0.5) is 0 Å². The van der Waals surface area contributed by atoms with Crippen molar-refractivity contribution in [1.29, 1.82) is 0 Å². The number of H-pyrrole nitrogens is 1. The van der Waals surface area contributed by atoms with Gasteiger partial charge in [0.15, 0.2) is 11.5 Å². The van der Waals surface area contributed by atoms with Crippen molar-refractivity contribution in [3.8, 4) is 11.5 Å². The molecule has 1 fully saturated rings. The van der Waals surface area contributed by atoms with Crippen LogP contribution in [-0.2, 0) is 6.54 Å². The number of hydrogen-bond donors (Lipinski definition) is 2. The van der Waals surface area contributed by atoms with Gasteiger partial charge < -0.3 is 19.8 Å². The maximum absolute atomic E-state index is 5.69. The van der Waals surface area contributed by atoms with Crippen LogP contribution in [0.25, 0.3) is 11.0 Å². The van der Waals surface area contributed by atoms with E-state index in [4.69, 9.17) is 9.47 Å². The van der Waals surface area contributed by atoms with Gasteiger partial charge >= 0.3 is 0 Å². The van der Waals surface area contributed by atoms with Gasteiger partial charge in [0.2, 0.25) is 0 Å². The molecule has 0 radical (unpaired) electrons. The van der Waals surface area contributed by atoms with Crippen LogP contribution in [0.2, 0.25) is 0 Å². The maximum atomic E-state index is 5.69. The molecule has 2 aromatic rings. The first kappa shape index (κ1) is 11.1. The third kappa shape index (κ3) is 2.26. The number of imidazole rings is 1. The lowest BCUT2D eigenvalue weighted by molar-refractivity contribution is 0.297. The molecular weight excluding hydrogens is 242 g/mol. The zero-order valence-electron chi connectivity index (χ0n) is 10.7. The molecule has 100 valence electrons. The first-order valence-electron chi connectivity index (χ1n) is 6.90. The second-order valence-electron chi connectivity index (χ2n) is 5.21. The summed E-state index contributed by atoms with van der Waals surface area (Å²) in [4.78, 5) is 7.94. The summed E-state index contributed by atoms with van der Waals surface area (Å²) in [5.41, 5.74) is 1.95. The summed E-state index contributed by atoms with van der Waals surface area (Å²) in [7, 11) is 0. The van der Waals surface area contributed by atoms with Crippen molar-refractivity contribution in [2.45, 2.75) is 31.8 Å². The van der Waals surface area contributed by atoms with Crippen molar-refractivity contribution in [3.63, 3.8) is 0 Å².